The number of allylic oxidation sites excluding steroid dienone is 1. The molecule has 0 aliphatic heterocycles. The second kappa shape index (κ2) is 15.1. The van der Waals surface area contributed by atoms with Gasteiger partial charge in [-0.15, -0.1) is 0 Å². The molecular weight excluding hydrogens is 558 g/mol. The summed E-state index contributed by atoms with van der Waals surface area (Å²) >= 11 is 6.05. The molecule has 3 aromatic carbocycles. The van der Waals surface area contributed by atoms with Gasteiger partial charge < -0.3 is 34.7 Å². The quantitative estimate of drug-likeness (QED) is 0.0969. The molecule has 0 bridgehead atoms. The van der Waals surface area contributed by atoms with Crippen LogP contribution < -0.4 is 29.6 Å². The maximum atomic E-state index is 12.7. The Morgan fingerprint density at radius 3 is 2.40 bits per heavy atom. The summed E-state index contributed by atoms with van der Waals surface area (Å²) in [6, 6.07) is 17.8. The molecule has 0 spiro atoms. The number of benzene rings is 3. The fourth-order valence-corrected chi connectivity index (χ4v) is 4.43. The summed E-state index contributed by atoms with van der Waals surface area (Å²) < 4.78 is 21.8. The Labute approximate surface area is 250 Å². The third-order valence-electron chi connectivity index (χ3n) is 6.40. The number of anilines is 1. The van der Waals surface area contributed by atoms with Crippen LogP contribution in [0.3, 0.4) is 0 Å². The fourth-order valence-electron chi connectivity index (χ4n) is 4.26. The molecule has 0 amide bonds. The molecule has 9 nitrogen and oxygen atoms in total. The molecule has 0 saturated carbocycles. The first-order valence-corrected chi connectivity index (χ1v) is 13.7. The van der Waals surface area contributed by atoms with E-state index in [4.69, 9.17) is 30.5 Å². The lowest BCUT2D eigenvalue weighted by Gasteiger charge is -2.14. The molecule has 42 heavy (non-hydrogen) atoms. The number of aromatic nitrogens is 1. The third-order valence-corrected chi connectivity index (χ3v) is 6.63. The van der Waals surface area contributed by atoms with Gasteiger partial charge in [0.05, 0.1) is 26.8 Å². The topological polar surface area (TPSA) is 111 Å². The van der Waals surface area contributed by atoms with Gasteiger partial charge >= 0.3 is 0 Å². The molecule has 3 N–H and O–H groups in total. The van der Waals surface area contributed by atoms with Crippen LogP contribution in [0.2, 0.25) is 5.02 Å². The van der Waals surface area contributed by atoms with Gasteiger partial charge in [0.1, 0.15) is 18.5 Å². The number of nitrogens with one attached hydrogen (secondary N) is 2. The van der Waals surface area contributed by atoms with Crippen molar-refractivity contribution in [2.45, 2.75) is 6.10 Å². The highest BCUT2D eigenvalue weighted by molar-refractivity contribution is 6.31. The number of aliphatic hydroxyl groups excluding tert-OH is 1. The first-order valence-electron chi connectivity index (χ1n) is 13.3. The van der Waals surface area contributed by atoms with Gasteiger partial charge in [0.25, 0.3) is 0 Å². The molecule has 10 heteroatoms. The summed E-state index contributed by atoms with van der Waals surface area (Å²) in [6.45, 7) is 1.80. The van der Waals surface area contributed by atoms with Gasteiger partial charge in [-0.1, -0.05) is 17.7 Å². The van der Waals surface area contributed by atoms with Crippen molar-refractivity contribution in [3.8, 4) is 23.0 Å². The SMILES string of the molecule is COc1cc(/C=C/C(=O)c2ccc(OCC(O)CNCCNc3ccnc4cc(Cl)ccc34)cc2)cc(OC)c1OC. The van der Waals surface area contributed by atoms with Crippen LogP contribution in [-0.2, 0) is 0 Å². The molecular formula is C32H34ClN3O6. The number of rotatable bonds is 15. The van der Waals surface area contributed by atoms with E-state index >= 15 is 0 Å². The van der Waals surface area contributed by atoms with Crippen LogP contribution >= 0.6 is 11.6 Å². The fraction of sp³-hybridized carbons (Fsp3) is 0.250. The first-order chi connectivity index (χ1) is 20.4. The molecule has 0 aliphatic carbocycles. The molecule has 0 aliphatic rings. The summed E-state index contributed by atoms with van der Waals surface area (Å²) in [6.07, 6.45) is 4.21. The monoisotopic (exact) mass is 591 g/mol. The number of nitrogens with zero attached hydrogens (tertiary/aromatic N) is 1. The predicted octanol–water partition coefficient (Wildman–Crippen LogP) is 5.25. The molecule has 1 atom stereocenters. The summed E-state index contributed by atoms with van der Waals surface area (Å²) in [7, 11) is 4.61. The van der Waals surface area contributed by atoms with E-state index in [-0.39, 0.29) is 12.4 Å². The highest BCUT2D eigenvalue weighted by Crippen LogP contribution is 2.38. The van der Waals surface area contributed by atoms with E-state index in [1.54, 1.807) is 48.7 Å². The minimum Gasteiger partial charge on any atom is -0.493 e. The molecule has 220 valence electrons. The van der Waals surface area contributed by atoms with Crippen molar-refractivity contribution >= 4 is 40.1 Å². The smallest absolute Gasteiger partial charge is 0.203 e. The van der Waals surface area contributed by atoms with Crippen molar-refractivity contribution in [2.75, 3.05) is 52.9 Å². The number of methoxy groups -OCH3 is 3. The van der Waals surface area contributed by atoms with Crippen molar-refractivity contribution in [1.82, 2.24) is 10.3 Å². The number of pyridine rings is 1. The maximum Gasteiger partial charge on any atom is 0.203 e. The highest BCUT2D eigenvalue weighted by Gasteiger charge is 2.13. The van der Waals surface area contributed by atoms with Gasteiger partial charge in [0, 0.05) is 47.5 Å². The standard InChI is InChI=1S/C32H34ClN3O6/c1-39-30-16-21(17-31(40-2)32(30)41-3)4-11-29(38)22-5-8-25(9-6-22)42-20-24(37)19-34-14-15-36-27-12-13-35-28-18-23(33)7-10-26(27)28/h4-13,16-18,24,34,37H,14-15,19-20H2,1-3H3,(H,35,36)/b11-4+. The highest BCUT2D eigenvalue weighted by atomic mass is 35.5. The van der Waals surface area contributed by atoms with E-state index in [0.717, 1.165) is 22.2 Å². The molecule has 0 fully saturated rings. The number of ether oxygens (including phenoxy) is 4. The van der Waals surface area contributed by atoms with E-state index in [2.05, 4.69) is 15.6 Å². The lowest BCUT2D eigenvalue weighted by Crippen LogP contribution is -2.34. The van der Waals surface area contributed by atoms with Gasteiger partial charge in [-0.05, 0) is 72.3 Å². The van der Waals surface area contributed by atoms with Gasteiger partial charge in [-0.2, -0.15) is 0 Å². The summed E-state index contributed by atoms with van der Waals surface area (Å²) in [5.74, 6) is 1.88. The van der Waals surface area contributed by atoms with Crippen LogP contribution in [0.25, 0.3) is 17.0 Å². The Hall–Kier alpha value is -4.31. The minimum absolute atomic E-state index is 0.116. The lowest BCUT2D eigenvalue weighted by atomic mass is 10.1. The average Bonchev–Trinajstić information content (AvgIpc) is 3.01. The minimum atomic E-state index is -0.698. The van der Waals surface area contributed by atoms with Gasteiger partial charge in [0.15, 0.2) is 17.3 Å². The predicted molar refractivity (Wildman–Crippen MR) is 166 cm³/mol. The molecule has 0 radical (unpaired) electrons. The van der Waals surface area contributed by atoms with Crippen molar-refractivity contribution < 1.29 is 28.8 Å². The summed E-state index contributed by atoms with van der Waals surface area (Å²) in [4.78, 5) is 17.0. The van der Waals surface area contributed by atoms with E-state index in [1.807, 2.05) is 24.3 Å². The van der Waals surface area contributed by atoms with Gasteiger partial charge in [0.2, 0.25) is 5.75 Å². The van der Waals surface area contributed by atoms with Crippen LogP contribution in [0.4, 0.5) is 5.69 Å². The Morgan fingerprint density at radius 1 is 0.976 bits per heavy atom. The van der Waals surface area contributed by atoms with Crippen LogP contribution in [0.1, 0.15) is 15.9 Å². The number of aliphatic hydroxyl groups is 1. The second-order valence-electron chi connectivity index (χ2n) is 9.30. The number of hydrogen-bond donors (Lipinski definition) is 3. The maximum absolute atomic E-state index is 12.7. The number of fused-ring (bicyclic) bond motifs is 1. The Balaban J connectivity index is 1.20. The first kappa shape index (κ1) is 30.6. The summed E-state index contributed by atoms with van der Waals surface area (Å²) in [5.41, 5.74) is 3.04. The van der Waals surface area contributed by atoms with Crippen LogP contribution in [0.15, 0.2) is 72.9 Å². The Morgan fingerprint density at radius 2 is 1.71 bits per heavy atom. The molecule has 1 heterocycles. The van der Waals surface area contributed by atoms with Gasteiger partial charge in [-0.25, -0.2) is 0 Å². The molecule has 0 saturated heterocycles. The molecule has 4 rings (SSSR count). The zero-order valence-electron chi connectivity index (χ0n) is 23.7. The lowest BCUT2D eigenvalue weighted by molar-refractivity contribution is 0.104. The van der Waals surface area contributed by atoms with E-state index < -0.39 is 6.10 Å². The van der Waals surface area contributed by atoms with E-state index in [1.165, 1.54) is 27.4 Å². The van der Waals surface area contributed by atoms with Crippen molar-refractivity contribution in [3.05, 3.63) is 89.1 Å². The van der Waals surface area contributed by atoms with Crippen molar-refractivity contribution in [1.29, 1.82) is 0 Å². The zero-order valence-corrected chi connectivity index (χ0v) is 24.5. The number of carbonyl (C=O) groups is 1. The summed E-state index contributed by atoms with van der Waals surface area (Å²) in [5, 5.41) is 18.5. The Kier molecular flexibility index (Phi) is 11.0. The van der Waals surface area contributed by atoms with Crippen LogP contribution in [0, 0.1) is 0 Å². The zero-order chi connectivity index (χ0) is 29.9. The Bertz CT molecular complexity index is 1500. The van der Waals surface area contributed by atoms with Crippen LogP contribution in [-0.4, -0.2) is 69.5 Å². The molecule has 1 unspecified atom stereocenters. The van der Waals surface area contributed by atoms with E-state index in [0.29, 0.717) is 53.2 Å². The molecule has 1 aromatic heterocycles. The van der Waals surface area contributed by atoms with Crippen LogP contribution in [0.5, 0.6) is 23.0 Å². The number of halogens is 1. The van der Waals surface area contributed by atoms with E-state index in [9.17, 15) is 9.90 Å². The van der Waals surface area contributed by atoms with Crippen molar-refractivity contribution in [3.63, 3.8) is 0 Å². The molecule has 4 aromatic rings. The average molecular weight is 592 g/mol. The number of hydrogen-bond acceptors (Lipinski definition) is 9. The largest absolute Gasteiger partial charge is 0.493 e. The number of carbonyl (C=O) groups excluding carboxylic acids is 1. The van der Waals surface area contributed by atoms with Crippen molar-refractivity contribution in [2.24, 2.45) is 0 Å². The third kappa shape index (κ3) is 8.13. The number of ketones is 1. The van der Waals surface area contributed by atoms with Gasteiger partial charge in [-0.3, -0.25) is 9.78 Å². The normalized spacial score (nSPS) is 11.8. The second-order valence-corrected chi connectivity index (χ2v) is 9.73.